The van der Waals surface area contributed by atoms with Crippen molar-refractivity contribution < 1.29 is 47.6 Å². The number of esters is 4. The van der Waals surface area contributed by atoms with Gasteiger partial charge in [-0.15, -0.1) is 0 Å². The number of alkyl halides is 3. The van der Waals surface area contributed by atoms with Gasteiger partial charge >= 0.3 is 23.9 Å². The second kappa shape index (κ2) is 11.0. The molecule has 11 nitrogen and oxygen atoms in total. The molecule has 1 N–H and O–H groups in total. The molecule has 0 saturated carbocycles. The van der Waals surface area contributed by atoms with Gasteiger partial charge in [0.1, 0.15) is 12.7 Å². The van der Waals surface area contributed by atoms with E-state index < -0.39 is 70.9 Å². The van der Waals surface area contributed by atoms with Crippen molar-refractivity contribution in [3.8, 4) is 0 Å². The van der Waals surface area contributed by atoms with Gasteiger partial charge in [-0.3, -0.25) is 24.6 Å². The van der Waals surface area contributed by atoms with Crippen molar-refractivity contribution in [3.05, 3.63) is 0 Å². The molecule has 1 rings (SSSR count). The Labute approximate surface area is 186 Å². The van der Waals surface area contributed by atoms with Gasteiger partial charge in [-0.1, -0.05) is 34.8 Å². The Morgan fingerprint density at radius 3 is 1.70 bits per heavy atom. The Morgan fingerprint density at radius 2 is 1.27 bits per heavy atom. The Balaban J connectivity index is 3.37. The zero-order valence-corrected chi connectivity index (χ0v) is 18.6. The molecule has 0 spiro atoms. The van der Waals surface area contributed by atoms with Gasteiger partial charge in [0.15, 0.2) is 12.2 Å². The van der Waals surface area contributed by atoms with E-state index >= 15 is 0 Å². The lowest BCUT2D eigenvalue weighted by atomic mass is 9.98. The van der Waals surface area contributed by atoms with Crippen molar-refractivity contribution in [1.29, 1.82) is 5.41 Å². The van der Waals surface area contributed by atoms with Crippen molar-refractivity contribution in [2.24, 2.45) is 0 Å². The first-order chi connectivity index (χ1) is 13.7. The third-order valence-corrected chi connectivity index (χ3v) is 3.95. The second-order valence-corrected chi connectivity index (χ2v) is 8.29. The molecule has 0 aliphatic carbocycles. The van der Waals surface area contributed by atoms with Crippen LogP contribution in [0, 0.1) is 5.41 Å². The molecule has 1 fully saturated rings. The van der Waals surface area contributed by atoms with Crippen LogP contribution < -0.4 is 0 Å². The number of carbonyl (C=O) groups excluding carboxylic acids is 4. The molecule has 1 heterocycles. The van der Waals surface area contributed by atoms with E-state index in [0.717, 1.165) is 27.7 Å². The summed E-state index contributed by atoms with van der Waals surface area (Å²) in [6, 6.07) is 0. The third kappa shape index (κ3) is 8.13. The van der Waals surface area contributed by atoms with E-state index in [4.69, 9.17) is 68.6 Å². The van der Waals surface area contributed by atoms with Gasteiger partial charge in [0.05, 0.1) is 0 Å². The predicted octanol–water partition coefficient (Wildman–Crippen LogP) is 1.43. The van der Waals surface area contributed by atoms with Crippen LogP contribution in [-0.2, 0) is 47.6 Å². The lowest BCUT2D eigenvalue weighted by Crippen LogP contribution is -2.63. The van der Waals surface area contributed by atoms with E-state index in [9.17, 15) is 19.2 Å². The summed E-state index contributed by atoms with van der Waals surface area (Å²) in [6.07, 6.45) is -7.25. The number of nitrogens with one attached hydrogen (secondary N) is 1. The zero-order chi connectivity index (χ0) is 23.2. The summed E-state index contributed by atoms with van der Waals surface area (Å²) in [4.78, 5) is 46.1. The van der Waals surface area contributed by atoms with E-state index in [1.54, 1.807) is 0 Å². The first kappa shape index (κ1) is 26.2. The van der Waals surface area contributed by atoms with Crippen molar-refractivity contribution in [2.45, 2.75) is 62.2 Å². The third-order valence-electron chi connectivity index (χ3n) is 3.44. The maximum absolute atomic E-state index is 11.7. The number of ether oxygens (including phenoxy) is 6. The number of hydrogen-bond acceptors (Lipinski definition) is 11. The number of rotatable bonds is 6. The molecule has 30 heavy (non-hydrogen) atoms. The normalized spacial score (nSPS) is 26.2. The van der Waals surface area contributed by atoms with Crippen LogP contribution in [0.2, 0.25) is 0 Å². The molecule has 0 amide bonds. The first-order valence-corrected chi connectivity index (χ1v) is 9.48. The summed E-state index contributed by atoms with van der Waals surface area (Å²) in [5.74, 6) is -4.03. The number of halogens is 3. The van der Waals surface area contributed by atoms with Crippen molar-refractivity contribution in [3.63, 3.8) is 0 Å². The SMILES string of the molecule is CC(=O)OC[C@H]1O[C@@H](OC(=N)C(Cl)(Cl)Cl)[C@@H](OC(C)=O)[C@H](OC(C)=O)[C@H]1OC(C)=O. The summed E-state index contributed by atoms with van der Waals surface area (Å²) in [7, 11) is 0. The van der Waals surface area contributed by atoms with Crippen LogP contribution in [-0.4, -0.2) is 70.9 Å². The zero-order valence-electron chi connectivity index (χ0n) is 16.3. The lowest BCUT2D eigenvalue weighted by Gasteiger charge is -2.44. The molecule has 0 aromatic carbocycles. The monoisotopic (exact) mass is 491 g/mol. The van der Waals surface area contributed by atoms with Crippen LogP contribution in [0.4, 0.5) is 0 Å². The van der Waals surface area contributed by atoms with Gasteiger partial charge in [0, 0.05) is 27.7 Å². The Hall–Kier alpha value is -1.82. The highest BCUT2D eigenvalue weighted by Gasteiger charge is 2.54. The maximum Gasteiger partial charge on any atom is 0.303 e. The molecular formula is C16H20Cl3NO10. The highest BCUT2D eigenvalue weighted by molar-refractivity contribution is 6.76. The minimum Gasteiger partial charge on any atom is -0.463 e. The van der Waals surface area contributed by atoms with Crippen molar-refractivity contribution in [2.75, 3.05) is 6.61 Å². The molecule has 0 bridgehead atoms. The molecule has 1 saturated heterocycles. The fraction of sp³-hybridized carbons (Fsp3) is 0.688. The van der Waals surface area contributed by atoms with E-state index in [-0.39, 0.29) is 0 Å². The molecule has 0 unspecified atom stereocenters. The Morgan fingerprint density at radius 1 is 0.800 bits per heavy atom. The quantitative estimate of drug-likeness (QED) is 0.190. The van der Waals surface area contributed by atoms with Gasteiger partial charge in [-0.25, -0.2) is 0 Å². The van der Waals surface area contributed by atoms with Crippen LogP contribution in [0.5, 0.6) is 0 Å². The van der Waals surface area contributed by atoms with Crippen LogP contribution in [0.3, 0.4) is 0 Å². The summed E-state index contributed by atoms with van der Waals surface area (Å²) in [6.45, 7) is 3.86. The maximum atomic E-state index is 11.7. The molecule has 0 aromatic heterocycles. The van der Waals surface area contributed by atoms with Crippen molar-refractivity contribution >= 4 is 64.6 Å². The second-order valence-electron chi connectivity index (χ2n) is 6.01. The molecule has 0 aromatic rings. The van der Waals surface area contributed by atoms with Gasteiger partial charge in [0.25, 0.3) is 3.79 Å². The molecule has 1 aliphatic rings. The Bertz CT molecular complexity index is 695. The number of carbonyl (C=O) groups is 4. The average Bonchev–Trinajstić information content (AvgIpc) is 2.56. The van der Waals surface area contributed by atoms with E-state index in [0.29, 0.717) is 0 Å². The fourth-order valence-corrected chi connectivity index (χ4v) is 2.60. The molecule has 1 aliphatic heterocycles. The minimum atomic E-state index is -2.29. The highest BCUT2D eigenvalue weighted by Crippen LogP contribution is 2.33. The van der Waals surface area contributed by atoms with Crippen LogP contribution in [0.1, 0.15) is 27.7 Å². The van der Waals surface area contributed by atoms with Gasteiger partial charge < -0.3 is 28.4 Å². The van der Waals surface area contributed by atoms with Crippen LogP contribution in [0.15, 0.2) is 0 Å². The lowest BCUT2D eigenvalue weighted by molar-refractivity contribution is -0.292. The standard InChI is InChI=1S/C16H20Cl3NO10/c1-6(21)25-5-10-11(26-7(2)22)12(27-8(3)23)13(28-9(4)24)14(29-10)30-15(20)16(17,18)19/h10-14,20H,5H2,1-4H3/t10-,11+,12-,13+,14+/m1/s1. The van der Waals surface area contributed by atoms with E-state index in [1.807, 2.05) is 0 Å². The van der Waals surface area contributed by atoms with Crippen LogP contribution in [0.25, 0.3) is 0 Å². The molecule has 14 heteroatoms. The summed E-state index contributed by atoms with van der Waals surface area (Å²) in [5.41, 5.74) is 0. The topological polar surface area (TPSA) is 148 Å². The van der Waals surface area contributed by atoms with Gasteiger partial charge in [0.2, 0.25) is 18.3 Å². The first-order valence-electron chi connectivity index (χ1n) is 8.35. The largest absolute Gasteiger partial charge is 0.463 e. The number of hydrogen-bond donors (Lipinski definition) is 1. The van der Waals surface area contributed by atoms with Crippen LogP contribution >= 0.6 is 34.8 Å². The van der Waals surface area contributed by atoms with Gasteiger partial charge in [-0.05, 0) is 0 Å². The average molecular weight is 493 g/mol. The predicted molar refractivity (Wildman–Crippen MR) is 101 cm³/mol. The van der Waals surface area contributed by atoms with Crippen molar-refractivity contribution in [1.82, 2.24) is 0 Å². The Kier molecular flexibility index (Phi) is 9.60. The minimum absolute atomic E-state index is 0.460. The van der Waals surface area contributed by atoms with E-state index in [1.165, 1.54) is 0 Å². The van der Waals surface area contributed by atoms with E-state index in [2.05, 4.69) is 0 Å². The highest BCUT2D eigenvalue weighted by atomic mass is 35.6. The van der Waals surface area contributed by atoms with Gasteiger partial charge in [-0.2, -0.15) is 0 Å². The summed E-state index contributed by atoms with van der Waals surface area (Å²) in [5, 5.41) is 7.74. The molecule has 170 valence electrons. The molecule has 5 atom stereocenters. The summed E-state index contributed by atoms with van der Waals surface area (Å²) < 4.78 is 28.9. The molecular weight excluding hydrogens is 473 g/mol. The summed E-state index contributed by atoms with van der Waals surface area (Å²) >= 11 is 16.8. The fourth-order valence-electron chi connectivity index (χ4n) is 2.47. The smallest absolute Gasteiger partial charge is 0.303 e. The molecule has 0 radical (unpaired) electrons.